The number of pyridine rings is 1. The highest BCUT2D eigenvalue weighted by Gasteiger charge is 2.14. The highest BCUT2D eigenvalue weighted by molar-refractivity contribution is 5.86. The second kappa shape index (κ2) is 6.19. The maximum atomic E-state index is 11.1. The number of carboxylic acids is 1. The van der Waals surface area contributed by atoms with Crippen molar-refractivity contribution in [2.45, 2.75) is 20.8 Å². The summed E-state index contributed by atoms with van der Waals surface area (Å²) in [6.45, 7) is 5.49. The van der Waals surface area contributed by atoms with Crippen molar-refractivity contribution in [1.82, 2.24) is 24.7 Å². The Morgan fingerprint density at radius 1 is 1.12 bits per heavy atom. The second-order valence-electron chi connectivity index (χ2n) is 5.60. The van der Waals surface area contributed by atoms with Crippen LogP contribution in [0.25, 0.3) is 5.82 Å². The van der Waals surface area contributed by atoms with E-state index in [0.29, 0.717) is 23.1 Å². The highest BCUT2D eigenvalue weighted by atomic mass is 16.4. The van der Waals surface area contributed by atoms with Gasteiger partial charge in [-0.05, 0) is 32.4 Å². The molecule has 0 fully saturated rings. The van der Waals surface area contributed by atoms with E-state index in [1.807, 2.05) is 26.8 Å². The summed E-state index contributed by atoms with van der Waals surface area (Å²) >= 11 is 0. The molecule has 3 heterocycles. The van der Waals surface area contributed by atoms with Crippen LogP contribution in [0.4, 0.5) is 17.6 Å². The number of nitrogens with two attached hydrogens (primary N) is 1. The van der Waals surface area contributed by atoms with Gasteiger partial charge in [-0.2, -0.15) is 14.8 Å². The van der Waals surface area contributed by atoms with Gasteiger partial charge in [-0.15, -0.1) is 0 Å². The number of aromatic carboxylic acids is 1. The number of anilines is 3. The molecule has 0 saturated heterocycles. The number of nitrogen functional groups attached to an aromatic ring is 1. The fourth-order valence-corrected chi connectivity index (χ4v) is 2.34. The molecule has 4 N–H and O–H groups in total. The van der Waals surface area contributed by atoms with Gasteiger partial charge in [0.1, 0.15) is 11.6 Å². The minimum atomic E-state index is -1.09. The van der Waals surface area contributed by atoms with Crippen molar-refractivity contribution in [3.05, 3.63) is 46.9 Å². The molecule has 9 nitrogen and oxygen atoms in total. The first-order valence-corrected chi connectivity index (χ1v) is 7.49. The zero-order valence-electron chi connectivity index (χ0n) is 14.0. The van der Waals surface area contributed by atoms with Crippen LogP contribution in [-0.2, 0) is 0 Å². The summed E-state index contributed by atoms with van der Waals surface area (Å²) in [6, 6.07) is 6.71. The molecule has 0 amide bonds. The number of nitrogens with one attached hydrogen (secondary N) is 1. The molecule has 0 bridgehead atoms. The van der Waals surface area contributed by atoms with E-state index < -0.39 is 5.97 Å². The van der Waals surface area contributed by atoms with E-state index in [1.54, 1.807) is 16.8 Å². The number of rotatable bonds is 4. The number of nitrogens with zero attached hydrogens (tertiary/aromatic N) is 5. The summed E-state index contributed by atoms with van der Waals surface area (Å²) in [5, 5.41) is 16.7. The molecule has 25 heavy (non-hydrogen) atoms. The Bertz CT molecular complexity index is 945. The van der Waals surface area contributed by atoms with E-state index in [0.717, 1.165) is 11.3 Å². The SMILES string of the molecule is Cc1cc(-n2nc(C)cc2Nc2nc(C(=O)O)ccc2C)nc(N)n1. The number of carbonyl (C=O) groups is 1. The number of hydrogen-bond acceptors (Lipinski definition) is 7. The predicted octanol–water partition coefficient (Wildman–Crippen LogP) is 2.01. The molecule has 0 unspecified atom stereocenters. The van der Waals surface area contributed by atoms with Gasteiger partial charge in [0, 0.05) is 17.8 Å². The third-order valence-corrected chi connectivity index (χ3v) is 3.47. The van der Waals surface area contributed by atoms with Crippen LogP contribution in [0.5, 0.6) is 0 Å². The van der Waals surface area contributed by atoms with E-state index in [9.17, 15) is 4.79 Å². The first-order valence-electron chi connectivity index (χ1n) is 7.49. The van der Waals surface area contributed by atoms with Crippen molar-refractivity contribution in [1.29, 1.82) is 0 Å². The maximum Gasteiger partial charge on any atom is 0.354 e. The average molecular weight is 339 g/mol. The first kappa shape index (κ1) is 16.4. The van der Waals surface area contributed by atoms with Crippen LogP contribution in [0.2, 0.25) is 0 Å². The van der Waals surface area contributed by atoms with Gasteiger partial charge < -0.3 is 16.2 Å². The van der Waals surface area contributed by atoms with Crippen LogP contribution in [0.1, 0.15) is 27.4 Å². The lowest BCUT2D eigenvalue weighted by Gasteiger charge is -2.11. The van der Waals surface area contributed by atoms with Crippen molar-refractivity contribution in [3.8, 4) is 5.82 Å². The monoisotopic (exact) mass is 339 g/mol. The molecule has 0 atom stereocenters. The lowest BCUT2D eigenvalue weighted by Crippen LogP contribution is -2.10. The standard InChI is InChI=1S/C16H17N7O2/c1-8-4-5-11(15(24)25)19-14(8)20-12-7-10(3)22-23(12)13-6-9(2)18-16(17)21-13/h4-7H,1-3H3,(H,19,20)(H,24,25)(H2,17,18,21). The smallest absolute Gasteiger partial charge is 0.354 e. The average Bonchev–Trinajstić information content (AvgIpc) is 2.89. The molecule has 0 aliphatic carbocycles. The van der Waals surface area contributed by atoms with Gasteiger partial charge in [0.15, 0.2) is 11.5 Å². The van der Waals surface area contributed by atoms with Crippen LogP contribution in [-0.4, -0.2) is 35.8 Å². The van der Waals surface area contributed by atoms with Gasteiger partial charge >= 0.3 is 5.97 Å². The van der Waals surface area contributed by atoms with Crippen molar-refractivity contribution in [2.75, 3.05) is 11.1 Å². The third kappa shape index (κ3) is 3.39. The lowest BCUT2D eigenvalue weighted by molar-refractivity contribution is 0.0690. The first-order chi connectivity index (χ1) is 11.8. The van der Waals surface area contributed by atoms with E-state index >= 15 is 0 Å². The molecular weight excluding hydrogens is 322 g/mol. The highest BCUT2D eigenvalue weighted by Crippen LogP contribution is 2.22. The Morgan fingerprint density at radius 3 is 2.56 bits per heavy atom. The van der Waals surface area contributed by atoms with E-state index in [-0.39, 0.29) is 11.6 Å². The largest absolute Gasteiger partial charge is 0.477 e. The van der Waals surface area contributed by atoms with Crippen LogP contribution in [0.15, 0.2) is 24.3 Å². The number of hydrogen-bond donors (Lipinski definition) is 3. The molecule has 0 aromatic carbocycles. The van der Waals surface area contributed by atoms with E-state index in [2.05, 4.69) is 25.4 Å². The van der Waals surface area contributed by atoms with Crippen LogP contribution < -0.4 is 11.1 Å². The molecule has 9 heteroatoms. The van der Waals surface area contributed by atoms with E-state index in [1.165, 1.54) is 6.07 Å². The molecule has 0 radical (unpaired) electrons. The van der Waals surface area contributed by atoms with Crippen molar-refractivity contribution >= 4 is 23.6 Å². The van der Waals surface area contributed by atoms with Gasteiger partial charge in [0.25, 0.3) is 0 Å². The minimum absolute atomic E-state index is 0.0435. The molecule has 3 aromatic heterocycles. The molecule has 0 aliphatic heterocycles. The number of aromatic nitrogens is 5. The Kier molecular flexibility index (Phi) is 4.05. The summed E-state index contributed by atoms with van der Waals surface area (Å²) in [7, 11) is 0. The van der Waals surface area contributed by atoms with Crippen LogP contribution >= 0.6 is 0 Å². The van der Waals surface area contributed by atoms with Crippen LogP contribution in [0, 0.1) is 20.8 Å². The summed E-state index contributed by atoms with van der Waals surface area (Å²) in [5.41, 5.74) is 7.94. The van der Waals surface area contributed by atoms with Gasteiger partial charge in [-0.3, -0.25) is 0 Å². The van der Waals surface area contributed by atoms with Crippen molar-refractivity contribution in [2.24, 2.45) is 0 Å². The summed E-state index contributed by atoms with van der Waals surface area (Å²) in [4.78, 5) is 23.5. The van der Waals surface area contributed by atoms with Gasteiger partial charge in [0.2, 0.25) is 5.95 Å². The summed E-state index contributed by atoms with van der Waals surface area (Å²) in [5.74, 6) is 0.587. The lowest BCUT2D eigenvalue weighted by atomic mass is 10.2. The molecule has 0 saturated carbocycles. The third-order valence-electron chi connectivity index (χ3n) is 3.47. The fourth-order valence-electron chi connectivity index (χ4n) is 2.34. The van der Waals surface area contributed by atoms with Crippen molar-refractivity contribution < 1.29 is 9.90 Å². The molecule has 3 aromatic rings. The topological polar surface area (TPSA) is 132 Å². The quantitative estimate of drug-likeness (QED) is 0.657. The second-order valence-corrected chi connectivity index (χ2v) is 5.60. The molecular formula is C16H17N7O2. The summed E-state index contributed by atoms with van der Waals surface area (Å²) < 4.78 is 1.58. The normalized spacial score (nSPS) is 10.7. The zero-order chi connectivity index (χ0) is 18.1. The predicted molar refractivity (Wildman–Crippen MR) is 92.3 cm³/mol. The zero-order valence-corrected chi connectivity index (χ0v) is 14.0. The molecule has 0 aliphatic rings. The molecule has 0 spiro atoms. The number of aryl methyl sites for hydroxylation is 3. The Morgan fingerprint density at radius 2 is 1.88 bits per heavy atom. The van der Waals surface area contributed by atoms with Crippen molar-refractivity contribution in [3.63, 3.8) is 0 Å². The Balaban J connectivity index is 2.05. The van der Waals surface area contributed by atoms with Crippen LogP contribution in [0.3, 0.4) is 0 Å². The van der Waals surface area contributed by atoms with Gasteiger partial charge in [0.05, 0.1) is 5.69 Å². The Hall–Kier alpha value is -3.49. The fraction of sp³-hybridized carbons (Fsp3) is 0.188. The van der Waals surface area contributed by atoms with Gasteiger partial charge in [-0.1, -0.05) is 6.07 Å². The maximum absolute atomic E-state index is 11.1. The molecule has 128 valence electrons. The van der Waals surface area contributed by atoms with Gasteiger partial charge in [-0.25, -0.2) is 14.8 Å². The molecule has 3 rings (SSSR count). The minimum Gasteiger partial charge on any atom is -0.477 e. The number of carboxylic acid groups (broad SMARTS) is 1. The Labute approximate surface area is 143 Å². The van der Waals surface area contributed by atoms with E-state index in [4.69, 9.17) is 10.8 Å². The summed E-state index contributed by atoms with van der Waals surface area (Å²) in [6.07, 6.45) is 0.